The molecule has 1 fully saturated rings. The van der Waals surface area contributed by atoms with E-state index in [1.54, 1.807) is 17.2 Å². The van der Waals surface area contributed by atoms with Crippen LogP contribution in [0.1, 0.15) is 143 Å². The summed E-state index contributed by atoms with van der Waals surface area (Å²) in [5, 5.41) is 20.4. The zero-order valence-electron chi connectivity index (χ0n) is 70.7. The minimum Gasteiger partial charge on any atom is -0.444 e. The molecule has 0 aliphatic carbocycles. The van der Waals surface area contributed by atoms with Crippen molar-refractivity contribution in [2.45, 2.75) is 179 Å². The maximum Gasteiger partial charge on any atom is 0.498 e. The molecule has 644 valence electrons. The first-order chi connectivity index (χ1) is 57.6. The van der Waals surface area contributed by atoms with Crippen LogP contribution in [-0.2, 0) is 65.3 Å². The molecular weight excluding hydrogens is 1700 g/mol. The molecule has 4 aliphatic rings. The van der Waals surface area contributed by atoms with Crippen molar-refractivity contribution in [1.82, 2.24) is 74.4 Å². The fourth-order valence-corrected chi connectivity index (χ4v) is 16.7. The van der Waals surface area contributed by atoms with Crippen LogP contribution >= 0.6 is 39.9 Å². The Morgan fingerprint density at radius 3 is 1.38 bits per heavy atom. The number of benzene rings is 6. The first kappa shape index (κ1) is 89.9. The van der Waals surface area contributed by atoms with Gasteiger partial charge >= 0.3 is 25.6 Å². The van der Waals surface area contributed by atoms with E-state index in [0.29, 0.717) is 67.3 Å². The smallest absolute Gasteiger partial charge is 0.444 e. The molecule has 33 heteroatoms. The molecule has 8 aromatic heterocycles. The van der Waals surface area contributed by atoms with Crippen LogP contribution in [0.4, 0.5) is 50.3 Å². The SMILES string of the molecule is Cc1cc(F)c(B2OC(C)(C)C(C)(C)O2)c2cc[nH]c12.Cc1cccc(C)c1-n1nc2c(c1-c1c(F)cc(C)c3[nH]ccc13)CN(c1ncc(C(F)(F)F)cn1)CC2.Cc1cccc(C)c1-n1nc2c(c1-c1c(F)cc(C)c3[nH]ccc13)CNCC2.Cc1cccc(C)c1-n1nc2c(c1Br)CN(C(=O)OC(C)(C)C)CC2.Cl.FC(F)(F)c1cnc(Cl)nc1. The van der Waals surface area contributed by atoms with Crippen LogP contribution in [0, 0.1) is 79.8 Å². The van der Waals surface area contributed by atoms with E-state index >= 15 is 8.78 Å². The third-order valence-corrected chi connectivity index (χ3v) is 23.7. The quantitative estimate of drug-likeness (QED) is 0.0664. The molecule has 4 aliphatic heterocycles. The zero-order valence-corrected chi connectivity index (χ0v) is 73.9. The number of ether oxygens (including phenoxy) is 1. The molecule has 0 radical (unpaired) electrons. The van der Waals surface area contributed by atoms with Crippen molar-refractivity contribution in [1.29, 1.82) is 0 Å². The molecule has 6 aromatic carbocycles. The summed E-state index contributed by atoms with van der Waals surface area (Å²) in [6.07, 6.45) is 1.23. The summed E-state index contributed by atoms with van der Waals surface area (Å²) in [6, 6.07) is 28.8. The number of carbonyl (C=O) groups excluding carboxylic acids is 1. The van der Waals surface area contributed by atoms with E-state index in [-0.39, 0.29) is 53.7 Å². The summed E-state index contributed by atoms with van der Waals surface area (Å²) in [7, 11) is -0.682. The first-order valence-corrected chi connectivity index (χ1v) is 41.0. The lowest BCUT2D eigenvalue weighted by Crippen LogP contribution is -2.41. The standard InChI is InChI=1S/C28H24F4N6.C23H23FN4.C19H24BrN3O2.C15H19BFNO2.C5H2ClF3N2.ClH/c1-15-5-4-6-16(2)25(15)38-26(23-19-7-9-33-24(19)17(3)11-21(23)29)20-14-37(10-8-22(20)36-38)27-34-12-18(13-35-27)28(30,31)32;1-13-5-4-6-14(2)22(13)28-23(17-12-25-9-8-19(17)27-28)20-16-7-10-26-21(16)15(3)11-18(20)24;1-12-7-6-8-13(2)16(12)23-17(20)14-11-22(10-9-15(14)21-23)18(24)25-19(3,4)5;1-9-8-11(17)12(10-6-7-18-13(9)10)16-19-14(2,3)15(4,5)20-16;6-4-10-1-3(2-11-4)5(7,8)9;/h4-7,9,11-13,33H,8,10,14H2,1-3H3;4-7,10-11,25-26H,8-9,12H2,1-3H3;6-8H,9-11H2,1-5H3;6-8,18H,1-5H3;1-2H;1H. The Hall–Kier alpha value is -10.8. The predicted octanol–water partition coefficient (Wildman–Crippen LogP) is 21.2. The van der Waals surface area contributed by atoms with E-state index in [1.807, 2.05) is 151 Å². The molecule has 0 atom stereocenters. The number of alkyl halides is 6. The summed E-state index contributed by atoms with van der Waals surface area (Å²) >= 11 is 8.87. The van der Waals surface area contributed by atoms with Gasteiger partial charge in [-0.2, -0.15) is 41.6 Å². The maximum absolute atomic E-state index is 15.9. The van der Waals surface area contributed by atoms with Crippen LogP contribution in [0.3, 0.4) is 0 Å². The van der Waals surface area contributed by atoms with E-state index in [0.717, 1.165) is 165 Å². The fraction of sp³-hybridized carbons (Fsp3) is 0.333. The van der Waals surface area contributed by atoms with Gasteiger partial charge in [-0.05, 0) is 225 Å². The van der Waals surface area contributed by atoms with Gasteiger partial charge in [0.1, 0.15) is 27.7 Å². The first-order valence-electron chi connectivity index (χ1n) is 39.8. The Morgan fingerprint density at radius 2 is 0.919 bits per heavy atom. The summed E-state index contributed by atoms with van der Waals surface area (Å²) in [5.41, 5.74) is 20.5. The van der Waals surface area contributed by atoms with Gasteiger partial charge < -0.3 is 44.1 Å². The number of aromatic nitrogens is 13. The van der Waals surface area contributed by atoms with Crippen molar-refractivity contribution < 1.29 is 58.4 Å². The summed E-state index contributed by atoms with van der Waals surface area (Å²) < 4.78 is 144. The van der Waals surface area contributed by atoms with Crippen molar-refractivity contribution in [3.63, 3.8) is 0 Å². The number of aromatic amines is 3. The molecule has 0 spiro atoms. The number of fused-ring (bicyclic) bond motifs is 6. The average molecular weight is 1800 g/mol. The third-order valence-electron chi connectivity index (χ3n) is 22.7. The Kier molecular flexibility index (Phi) is 25.6. The van der Waals surface area contributed by atoms with E-state index in [9.17, 15) is 35.5 Å². The Labute approximate surface area is 725 Å². The number of halogens is 12. The molecule has 0 saturated carbocycles. The second-order valence-corrected chi connectivity index (χ2v) is 34.1. The molecule has 1 amide bonds. The van der Waals surface area contributed by atoms with Gasteiger partial charge in [0.05, 0.1) is 74.4 Å². The van der Waals surface area contributed by atoms with Gasteiger partial charge in [-0.3, -0.25) is 0 Å². The number of para-hydroxylation sites is 3. The molecule has 1 saturated heterocycles. The predicted molar refractivity (Wildman–Crippen MR) is 466 cm³/mol. The number of amides is 1. The number of aryl methyl sites for hydroxylation is 9. The molecule has 18 rings (SSSR count). The zero-order chi connectivity index (χ0) is 87.7. The molecule has 20 nitrogen and oxygen atoms in total. The number of hydrogen-bond acceptors (Lipinski definition) is 13. The molecular formula is C90H93BBrCl2F9N16O4. The number of anilines is 1. The highest BCUT2D eigenvalue weighted by molar-refractivity contribution is 9.10. The number of rotatable bonds is 7. The second kappa shape index (κ2) is 35.1. The minimum absolute atomic E-state index is 0. The van der Waals surface area contributed by atoms with Crippen molar-refractivity contribution in [3.8, 4) is 39.6 Å². The second-order valence-electron chi connectivity index (χ2n) is 33.1. The average Bonchev–Trinajstić information content (AvgIpc) is 1.59. The minimum atomic E-state index is -4.52. The van der Waals surface area contributed by atoms with Crippen LogP contribution in [-0.4, -0.2) is 119 Å². The van der Waals surface area contributed by atoms with Crippen LogP contribution in [0.15, 0.2) is 139 Å². The Bertz CT molecular complexity index is 6230. The lowest BCUT2D eigenvalue weighted by Gasteiger charge is -2.32. The molecule has 4 N–H and O–H groups in total. The molecule has 0 unspecified atom stereocenters. The Morgan fingerprint density at radius 1 is 0.520 bits per heavy atom. The number of nitrogens with zero attached hydrogens (tertiary/aromatic N) is 12. The molecule has 0 bridgehead atoms. The maximum atomic E-state index is 15.9. The van der Waals surface area contributed by atoms with E-state index in [2.05, 4.69) is 120 Å². The third kappa shape index (κ3) is 18.2. The molecule has 123 heavy (non-hydrogen) atoms. The summed E-state index contributed by atoms with van der Waals surface area (Å²) in [4.78, 5) is 39.9. The lowest BCUT2D eigenvalue weighted by atomic mass is 9.76. The highest BCUT2D eigenvalue weighted by Gasteiger charge is 2.53. The van der Waals surface area contributed by atoms with Crippen molar-refractivity contribution in [2.24, 2.45) is 0 Å². The monoisotopic (exact) mass is 1790 g/mol. The highest BCUT2D eigenvalue weighted by Crippen LogP contribution is 2.45. The largest absolute Gasteiger partial charge is 0.498 e. The lowest BCUT2D eigenvalue weighted by molar-refractivity contribution is -0.138. The number of hydrogen-bond donors (Lipinski definition) is 4. The van der Waals surface area contributed by atoms with Crippen molar-refractivity contribution >= 4 is 97.3 Å². The van der Waals surface area contributed by atoms with Gasteiger partial charge in [0.25, 0.3) is 0 Å². The number of carbonyl (C=O) groups is 1. The van der Waals surface area contributed by atoms with Crippen molar-refractivity contribution in [3.05, 3.63) is 257 Å². The number of nitrogens with one attached hydrogen (secondary N) is 4. The van der Waals surface area contributed by atoms with Crippen LogP contribution in [0.5, 0.6) is 0 Å². The van der Waals surface area contributed by atoms with E-state index in [1.165, 1.54) is 23.3 Å². The summed E-state index contributed by atoms with van der Waals surface area (Å²) in [6.45, 7) is 35.0. The van der Waals surface area contributed by atoms with E-state index in [4.69, 9.17) is 40.9 Å². The van der Waals surface area contributed by atoms with E-state index < -0.39 is 47.4 Å². The number of H-pyrrole nitrogens is 3. The van der Waals surface area contributed by atoms with Gasteiger partial charge in [0.15, 0.2) is 0 Å². The van der Waals surface area contributed by atoms with Gasteiger partial charge in [-0.15, -0.1) is 12.4 Å². The normalized spacial score (nSPS) is 14.8. The topological polar surface area (TPSA) is 216 Å². The highest BCUT2D eigenvalue weighted by atomic mass is 79.9. The van der Waals surface area contributed by atoms with Gasteiger partial charge in [-0.25, -0.2) is 51.9 Å². The van der Waals surface area contributed by atoms with Gasteiger partial charge in [0.2, 0.25) is 11.2 Å². The van der Waals surface area contributed by atoms with Crippen LogP contribution in [0.25, 0.3) is 72.3 Å². The Balaban J connectivity index is 0.000000138. The van der Waals surface area contributed by atoms with Gasteiger partial charge in [-0.1, -0.05) is 54.6 Å². The van der Waals surface area contributed by atoms with Crippen LogP contribution < -0.4 is 15.7 Å². The molecule has 12 heterocycles. The van der Waals surface area contributed by atoms with Crippen LogP contribution in [0.2, 0.25) is 5.28 Å². The summed E-state index contributed by atoms with van der Waals surface area (Å²) in [5.74, 6) is -0.670. The molecule has 14 aromatic rings. The van der Waals surface area contributed by atoms with Gasteiger partial charge in [0, 0.05) is 161 Å². The fourth-order valence-electron chi connectivity index (χ4n) is 16.0. The van der Waals surface area contributed by atoms with Crippen molar-refractivity contribution in [2.75, 3.05) is 24.5 Å².